The van der Waals surface area contributed by atoms with Crippen LogP contribution < -0.4 is 4.72 Å². The third-order valence-electron chi connectivity index (χ3n) is 2.75. The van der Waals surface area contributed by atoms with Gasteiger partial charge in [-0.25, -0.2) is 13.1 Å². The lowest BCUT2D eigenvalue weighted by Gasteiger charge is -2.17. The van der Waals surface area contributed by atoms with E-state index in [0.29, 0.717) is 5.76 Å². The second-order valence-corrected chi connectivity index (χ2v) is 6.36. The van der Waals surface area contributed by atoms with Gasteiger partial charge in [-0.05, 0) is 32.0 Å². The number of sulfonamides is 1. The molecule has 0 aromatic carbocycles. The fourth-order valence-electron chi connectivity index (χ4n) is 1.98. The molecule has 19 heavy (non-hydrogen) atoms. The van der Waals surface area contributed by atoms with Gasteiger partial charge in [0.1, 0.15) is 11.8 Å². The van der Waals surface area contributed by atoms with Crippen molar-refractivity contribution in [1.82, 2.24) is 14.5 Å². The molecule has 1 N–H and O–H groups in total. The molecule has 0 saturated carbocycles. The first-order valence-corrected chi connectivity index (χ1v) is 7.77. The number of nitrogens with zero attached hydrogens (tertiary/aromatic N) is 2. The van der Waals surface area contributed by atoms with Crippen LogP contribution in [0.1, 0.15) is 23.2 Å². The van der Waals surface area contributed by atoms with Gasteiger partial charge in [-0.3, -0.25) is 4.68 Å². The van der Waals surface area contributed by atoms with Crippen molar-refractivity contribution < 1.29 is 12.8 Å². The maximum atomic E-state index is 11.3. The Morgan fingerprint density at radius 2 is 2.21 bits per heavy atom. The quantitative estimate of drug-likeness (QED) is 0.895. The van der Waals surface area contributed by atoms with E-state index in [1.54, 1.807) is 17.0 Å². The summed E-state index contributed by atoms with van der Waals surface area (Å²) in [5.74, 6) is 0.669. The standard InChI is InChI=1S/C12H17N3O3S/c1-9-7-10(2)15(14-9)11(8-13-19(3,16)17)12-5-4-6-18-12/h4-7,11,13H,8H2,1-3H3. The van der Waals surface area contributed by atoms with Crippen molar-refractivity contribution in [2.24, 2.45) is 0 Å². The molecule has 7 heteroatoms. The average Bonchev–Trinajstić information content (AvgIpc) is 2.88. The first-order chi connectivity index (χ1) is 8.87. The van der Waals surface area contributed by atoms with Gasteiger partial charge < -0.3 is 4.42 Å². The minimum absolute atomic E-state index is 0.203. The van der Waals surface area contributed by atoms with Gasteiger partial charge in [0, 0.05) is 12.2 Å². The summed E-state index contributed by atoms with van der Waals surface area (Å²) in [4.78, 5) is 0. The normalized spacial score (nSPS) is 13.6. The van der Waals surface area contributed by atoms with E-state index in [1.807, 2.05) is 26.0 Å². The first-order valence-electron chi connectivity index (χ1n) is 5.87. The maximum absolute atomic E-state index is 11.3. The molecule has 0 amide bonds. The van der Waals surface area contributed by atoms with Crippen LogP contribution >= 0.6 is 0 Å². The highest BCUT2D eigenvalue weighted by Gasteiger charge is 2.20. The zero-order valence-electron chi connectivity index (χ0n) is 11.1. The molecule has 2 aromatic rings. The van der Waals surface area contributed by atoms with E-state index in [9.17, 15) is 8.42 Å². The van der Waals surface area contributed by atoms with Crippen molar-refractivity contribution >= 4 is 10.0 Å². The Morgan fingerprint density at radius 3 is 2.68 bits per heavy atom. The molecule has 2 rings (SSSR count). The molecule has 0 fully saturated rings. The van der Waals surface area contributed by atoms with Crippen LogP contribution in [-0.2, 0) is 10.0 Å². The highest BCUT2D eigenvalue weighted by molar-refractivity contribution is 7.88. The third kappa shape index (κ3) is 3.45. The van der Waals surface area contributed by atoms with Crippen molar-refractivity contribution in [2.75, 3.05) is 12.8 Å². The lowest BCUT2D eigenvalue weighted by Crippen LogP contribution is -2.31. The van der Waals surface area contributed by atoms with Gasteiger partial charge in [0.25, 0.3) is 0 Å². The molecule has 6 nitrogen and oxygen atoms in total. The molecule has 2 heterocycles. The number of rotatable bonds is 5. The molecule has 0 bridgehead atoms. The van der Waals surface area contributed by atoms with Gasteiger partial charge in [-0.1, -0.05) is 0 Å². The Kier molecular flexibility index (Phi) is 3.77. The molecule has 104 valence electrons. The number of furan rings is 1. The summed E-state index contributed by atoms with van der Waals surface area (Å²) in [7, 11) is -3.26. The molecule has 0 spiro atoms. The second kappa shape index (κ2) is 5.18. The Morgan fingerprint density at radius 1 is 1.47 bits per heavy atom. The van der Waals surface area contributed by atoms with Crippen molar-refractivity contribution in [2.45, 2.75) is 19.9 Å². The minimum atomic E-state index is -3.26. The minimum Gasteiger partial charge on any atom is -0.467 e. The van der Waals surface area contributed by atoms with E-state index >= 15 is 0 Å². The highest BCUT2D eigenvalue weighted by Crippen LogP contribution is 2.20. The van der Waals surface area contributed by atoms with E-state index in [0.717, 1.165) is 17.6 Å². The Bertz CT molecular complexity index is 644. The summed E-state index contributed by atoms with van der Waals surface area (Å²) >= 11 is 0. The summed E-state index contributed by atoms with van der Waals surface area (Å²) in [6.07, 6.45) is 2.70. The fraction of sp³-hybridized carbons (Fsp3) is 0.417. The van der Waals surface area contributed by atoms with Gasteiger partial charge >= 0.3 is 0 Å². The number of aromatic nitrogens is 2. The number of nitrogens with one attached hydrogen (secondary N) is 1. The fourth-order valence-corrected chi connectivity index (χ4v) is 2.44. The van der Waals surface area contributed by atoms with Gasteiger partial charge in [0.05, 0.1) is 18.2 Å². The maximum Gasteiger partial charge on any atom is 0.208 e. The van der Waals surface area contributed by atoms with Gasteiger partial charge in [0.2, 0.25) is 10.0 Å². The lowest BCUT2D eigenvalue weighted by atomic mass is 10.2. The first kappa shape index (κ1) is 13.8. The van der Waals surface area contributed by atoms with Crippen LogP contribution in [0.5, 0.6) is 0 Å². The molecular weight excluding hydrogens is 266 g/mol. The molecular formula is C12H17N3O3S. The van der Waals surface area contributed by atoms with Crippen LogP contribution in [0.2, 0.25) is 0 Å². The molecule has 2 aromatic heterocycles. The summed E-state index contributed by atoms with van der Waals surface area (Å²) in [6.45, 7) is 4.03. The molecule has 0 aliphatic carbocycles. The SMILES string of the molecule is Cc1cc(C)n(C(CNS(C)(=O)=O)c2ccco2)n1. The van der Waals surface area contributed by atoms with Crippen molar-refractivity contribution in [3.05, 3.63) is 41.6 Å². The van der Waals surface area contributed by atoms with Crippen LogP contribution in [0, 0.1) is 13.8 Å². The molecule has 0 radical (unpaired) electrons. The lowest BCUT2D eigenvalue weighted by molar-refractivity contribution is 0.397. The highest BCUT2D eigenvalue weighted by atomic mass is 32.2. The topological polar surface area (TPSA) is 77.1 Å². The molecule has 0 aliphatic heterocycles. The Hall–Kier alpha value is -1.60. The van der Waals surface area contributed by atoms with Gasteiger partial charge in [-0.2, -0.15) is 5.10 Å². The van der Waals surface area contributed by atoms with Crippen LogP contribution in [0.15, 0.2) is 28.9 Å². The zero-order chi connectivity index (χ0) is 14.0. The summed E-state index contributed by atoms with van der Waals surface area (Å²) in [6, 6.07) is 5.23. The van der Waals surface area contributed by atoms with E-state index in [-0.39, 0.29) is 12.6 Å². The van der Waals surface area contributed by atoms with E-state index in [1.165, 1.54) is 0 Å². The monoisotopic (exact) mass is 283 g/mol. The second-order valence-electron chi connectivity index (χ2n) is 4.52. The molecule has 1 unspecified atom stereocenters. The van der Waals surface area contributed by atoms with Crippen LogP contribution in [0.3, 0.4) is 0 Å². The van der Waals surface area contributed by atoms with E-state index < -0.39 is 10.0 Å². The molecule has 1 atom stereocenters. The van der Waals surface area contributed by atoms with Crippen molar-refractivity contribution in [3.63, 3.8) is 0 Å². The van der Waals surface area contributed by atoms with Crippen LogP contribution in [0.4, 0.5) is 0 Å². The Labute approximate surface area is 112 Å². The third-order valence-corrected chi connectivity index (χ3v) is 3.44. The predicted octanol–water partition coefficient (Wildman–Crippen LogP) is 1.23. The van der Waals surface area contributed by atoms with Crippen molar-refractivity contribution in [1.29, 1.82) is 0 Å². The van der Waals surface area contributed by atoms with Crippen LogP contribution in [0.25, 0.3) is 0 Å². The summed E-state index contributed by atoms with van der Waals surface area (Å²) < 4.78 is 32.2. The number of aryl methyl sites for hydroxylation is 2. The zero-order valence-corrected chi connectivity index (χ0v) is 11.9. The number of hydrogen-bond acceptors (Lipinski definition) is 4. The van der Waals surface area contributed by atoms with Crippen molar-refractivity contribution in [3.8, 4) is 0 Å². The largest absolute Gasteiger partial charge is 0.467 e. The van der Waals surface area contributed by atoms with Gasteiger partial charge in [0.15, 0.2) is 0 Å². The van der Waals surface area contributed by atoms with E-state index in [4.69, 9.17) is 4.42 Å². The summed E-state index contributed by atoms with van der Waals surface area (Å²) in [5, 5.41) is 4.39. The molecule has 0 aliphatic rings. The summed E-state index contributed by atoms with van der Waals surface area (Å²) in [5.41, 5.74) is 1.84. The van der Waals surface area contributed by atoms with Crippen LogP contribution in [-0.4, -0.2) is 31.0 Å². The van der Waals surface area contributed by atoms with E-state index in [2.05, 4.69) is 9.82 Å². The van der Waals surface area contributed by atoms with Gasteiger partial charge in [-0.15, -0.1) is 0 Å². The smallest absolute Gasteiger partial charge is 0.208 e. The molecule has 0 saturated heterocycles. The Balaban J connectivity index is 2.32. The average molecular weight is 283 g/mol. The predicted molar refractivity (Wildman–Crippen MR) is 71.4 cm³/mol. The number of hydrogen-bond donors (Lipinski definition) is 1.